The van der Waals surface area contributed by atoms with Crippen molar-refractivity contribution >= 4 is 10.1 Å². The molecule has 0 fully saturated rings. The average molecular weight is 266 g/mol. The molecule has 94 valence electrons. The SMILES string of the molecule is O=S(=O)(O)c1cc(-c2ccccc2O)ccc1O. The predicted octanol–water partition coefficient (Wildman–Crippen LogP) is 2.01. The van der Waals surface area contributed by atoms with Crippen LogP contribution in [0.1, 0.15) is 0 Å². The molecule has 0 amide bonds. The minimum Gasteiger partial charge on any atom is -0.507 e. The first-order valence-electron chi connectivity index (χ1n) is 4.98. The van der Waals surface area contributed by atoms with E-state index in [1.807, 2.05) is 0 Å². The summed E-state index contributed by atoms with van der Waals surface area (Å²) in [5, 5.41) is 19.0. The fraction of sp³-hybridized carbons (Fsp3) is 0. The lowest BCUT2D eigenvalue weighted by atomic mass is 10.0. The molecule has 18 heavy (non-hydrogen) atoms. The molecule has 6 heteroatoms. The quantitative estimate of drug-likeness (QED) is 0.723. The van der Waals surface area contributed by atoms with E-state index in [9.17, 15) is 18.6 Å². The van der Waals surface area contributed by atoms with Gasteiger partial charge in [0.25, 0.3) is 10.1 Å². The Kier molecular flexibility index (Phi) is 2.98. The zero-order valence-electron chi connectivity index (χ0n) is 9.11. The molecule has 5 nitrogen and oxygen atoms in total. The second kappa shape index (κ2) is 4.32. The molecule has 0 aliphatic heterocycles. The summed E-state index contributed by atoms with van der Waals surface area (Å²) in [7, 11) is -4.51. The molecule has 0 radical (unpaired) electrons. The summed E-state index contributed by atoms with van der Waals surface area (Å²) in [4.78, 5) is -0.594. The largest absolute Gasteiger partial charge is 0.507 e. The van der Waals surface area contributed by atoms with Crippen molar-refractivity contribution in [2.45, 2.75) is 4.90 Å². The molecule has 0 heterocycles. The number of rotatable bonds is 2. The number of hydrogen-bond acceptors (Lipinski definition) is 4. The number of phenols is 2. The third kappa shape index (κ3) is 2.29. The fourth-order valence-electron chi connectivity index (χ4n) is 1.61. The molecule has 0 atom stereocenters. The fourth-order valence-corrected chi connectivity index (χ4v) is 2.21. The van der Waals surface area contributed by atoms with Crippen LogP contribution in [0.2, 0.25) is 0 Å². The summed E-state index contributed by atoms with van der Waals surface area (Å²) < 4.78 is 31.1. The van der Waals surface area contributed by atoms with E-state index in [0.29, 0.717) is 11.1 Å². The van der Waals surface area contributed by atoms with Crippen molar-refractivity contribution in [1.82, 2.24) is 0 Å². The number of benzene rings is 2. The maximum atomic E-state index is 11.1. The molecule has 0 bridgehead atoms. The zero-order chi connectivity index (χ0) is 13.3. The smallest absolute Gasteiger partial charge is 0.298 e. The van der Waals surface area contributed by atoms with E-state index in [0.717, 1.165) is 12.1 Å². The van der Waals surface area contributed by atoms with Crippen molar-refractivity contribution < 1.29 is 23.2 Å². The van der Waals surface area contributed by atoms with Gasteiger partial charge in [0, 0.05) is 5.56 Å². The van der Waals surface area contributed by atoms with E-state index in [2.05, 4.69) is 0 Å². The van der Waals surface area contributed by atoms with Gasteiger partial charge in [-0.25, -0.2) is 0 Å². The molecule has 3 N–H and O–H groups in total. The van der Waals surface area contributed by atoms with E-state index < -0.39 is 20.8 Å². The van der Waals surface area contributed by atoms with Gasteiger partial charge in [0.1, 0.15) is 16.4 Å². The molecule has 2 rings (SSSR count). The van der Waals surface area contributed by atoms with Crippen LogP contribution in [-0.4, -0.2) is 23.2 Å². The first-order chi connectivity index (χ1) is 8.39. The lowest BCUT2D eigenvalue weighted by Crippen LogP contribution is -1.98. The Hall–Kier alpha value is -2.05. The second-order valence-corrected chi connectivity index (χ2v) is 5.06. The molecule has 0 saturated carbocycles. The van der Waals surface area contributed by atoms with Gasteiger partial charge in [-0.05, 0) is 23.8 Å². The highest BCUT2D eigenvalue weighted by atomic mass is 32.2. The van der Waals surface area contributed by atoms with Crippen LogP contribution >= 0.6 is 0 Å². The van der Waals surface area contributed by atoms with Crippen molar-refractivity contribution in [1.29, 1.82) is 0 Å². The first kappa shape index (κ1) is 12.4. The number of para-hydroxylation sites is 1. The lowest BCUT2D eigenvalue weighted by Gasteiger charge is -2.07. The van der Waals surface area contributed by atoms with E-state index >= 15 is 0 Å². The molecule has 0 aliphatic carbocycles. The van der Waals surface area contributed by atoms with Gasteiger partial charge in [0.05, 0.1) is 0 Å². The van der Waals surface area contributed by atoms with Crippen molar-refractivity contribution in [3.8, 4) is 22.6 Å². The molecular formula is C12H10O5S. The average Bonchev–Trinajstić information content (AvgIpc) is 2.29. The van der Waals surface area contributed by atoms with Gasteiger partial charge in [-0.15, -0.1) is 0 Å². The predicted molar refractivity (Wildman–Crippen MR) is 65.0 cm³/mol. The third-order valence-corrected chi connectivity index (χ3v) is 3.34. The Morgan fingerprint density at radius 1 is 0.889 bits per heavy atom. The Morgan fingerprint density at radius 2 is 1.56 bits per heavy atom. The van der Waals surface area contributed by atoms with Crippen LogP contribution in [0.25, 0.3) is 11.1 Å². The maximum absolute atomic E-state index is 11.1. The van der Waals surface area contributed by atoms with E-state index in [4.69, 9.17) is 4.55 Å². The summed E-state index contributed by atoms with van der Waals surface area (Å²) >= 11 is 0. The van der Waals surface area contributed by atoms with Crippen LogP contribution in [0.5, 0.6) is 11.5 Å². The van der Waals surface area contributed by atoms with Crippen LogP contribution in [0.3, 0.4) is 0 Å². The number of hydrogen-bond donors (Lipinski definition) is 3. The van der Waals surface area contributed by atoms with Gasteiger partial charge < -0.3 is 10.2 Å². The Labute approximate surface area is 104 Å². The second-order valence-electron chi connectivity index (χ2n) is 3.67. The van der Waals surface area contributed by atoms with Crippen molar-refractivity contribution in [3.63, 3.8) is 0 Å². The van der Waals surface area contributed by atoms with Crippen molar-refractivity contribution in [3.05, 3.63) is 42.5 Å². The molecule has 2 aromatic rings. The van der Waals surface area contributed by atoms with E-state index in [1.165, 1.54) is 12.1 Å². The number of aromatic hydroxyl groups is 2. The molecule has 0 unspecified atom stereocenters. The van der Waals surface area contributed by atoms with Crippen LogP contribution in [0.15, 0.2) is 47.4 Å². The monoisotopic (exact) mass is 266 g/mol. The van der Waals surface area contributed by atoms with E-state index in [-0.39, 0.29) is 5.75 Å². The molecule has 0 saturated heterocycles. The highest BCUT2D eigenvalue weighted by molar-refractivity contribution is 7.86. The Balaban J connectivity index is 2.66. The summed E-state index contributed by atoms with van der Waals surface area (Å²) in [5.74, 6) is -0.568. The first-order valence-corrected chi connectivity index (χ1v) is 6.42. The normalized spacial score (nSPS) is 11.4. The highest BCUT2D eigenvalue weighted by Crippen LogP contribution is 2.33. The van der Waals surface area contributed by atoms with E-state index in [1.54, 1.807) is 18.2 Å². The van der Waals surface area contributed by atoms with Crippen LogP contribution in [-0.2, 0) is 10.1 Å². The molecule has 0 aromatic heterocycles. The Bertz CT molecular complexity index is 691. The minimum absolute atomic E-state index is 0.0236. The number of phenolic OH excluding ortho intramolecular Hbond substituents is 2. The molecule has 0 aliphatic rings. The summed E-state index contributed by atoms with van der Waals surface area (Å²) in [6.07, 6.45) is 0. The molecule has 0 spiro atoms. The minimum atomic E-state index is -4.51. The van der Waals surface area contributed by atoms with Gasteiger partial charge in [0.2, 0.25) is 0 Å². The maximum Gasteiger partial charge on any atom is 0.298 e. The van der Waals surface area contributed by atoms with Crippen LogP contribution < -0.4 is 0 Å². The zero-order valence-corrected chi connectivity index (χ0v) is 9.92. The summed E-state index contributed by atoms with van der Waals surface area (Å²) in [6.45, 7) is 0. The van der Waals surface area contributed by atoms with Gasteiger partial charge in [-0.1, -0.05) is 24.3 Å². The standard InChI is InChI=1S/C12H10O5S/c13-10-4-2-1-3-9(10)8-5-6-11(14)12(7-8)18(15,16)17/h1-7,13-14H,(H,15,16,17). The van der Waals surface area contributed by atoms with Gasteiger partial charge in [-0.3, -0.25) is 4.55 Å². The van der Waals surface area contributed by atoms with Crippen molar-refractivity contribution in [2.24, 2.45) is 0 Å². The Morgan fingerprint density at radius 3 is 2.17 bits per heavy atom. The lowest BCUT2D eigenvalue weighted by molar-refractivity contribution is 0.443. The summed E-state index contributed by atoms with van der Waals surface area (Å²) in [5.41, 5.74) is 0.779. The molecular weight excluding hydrogens is 256 g/mol. The van der Waals surface area contributed by atoms with Gasteiger partial charge in [-0.2, -0.15) is 8.42 Å². The third-order valence-electron chi connectivity index (χ3n) is 2.45. The van der Waals surface area contributed by atoms with Crippen molar-refractivity contribution in [2.75, 3.05) is 0 Å². The van der Waals surface area contributed by atoms with Crippen LogP contribution in [0, 0.1) is 0 Å². The topological polar surface area (TPSA) is 94.8 Å². The van der Waals surface area contributed by atoms with Gasteiger partial charge >= 0.3 is 0 Å². The summed E-state index contributed by atoms with van der Waals surface area (Å²) in [6, 6.07) is 10.0. The highest BCUT2D eigenvalue weighted by Gasteiger charge is 2.17. The van der Waals surface area contributed by atoms with Gasteiger partial charge in [0.15, 0.2) is 0 Å². The molecule has 2 aromatic carbocycles. The van der Waals surface area contributed by atoms with Crippen LogP contribution in [0.4, 0.5) is 0 Å².